The largest absolute Gasteiger partial charge is 0.506 e. The van der Waals surface area contributed by atoms with Gasteiger partial charge in [-0.25, -0.2) is 8.42 Å². The number of halogens is 1. The molecule has 32 heavy (non-hydrogen) atoms. The quantitative estimate of drug-likeness (QED) is 0.426. The highest BCUT2D eigenvalue weighted by atomic mass is 79.9. The second-order valence-electron chi connectivity index (χ2n) is 9.82. The van der Waals surface area contributed by atoms with Crippen LogP contribution in [-0.4, -0.2) is 32.4 Å². The lowest BCUT2D eigenvalue weighted by atomic mass is 9.45. The second-order valence-corrected chi connectivity index (χ2v) is 12.4. The molecular formula is C24H30BrN3O3S. The van der Waals surface area contributed by atoms with Crippen molar-refractivity contribution in [1.29, 1.82) is 0 Å². The first-order valence-electron chi connectivity index (χ1n) is 11.3. The maximum atomic E-state index is 11.8. The molecule has 8 heteroatoms. The van der Waals surface area contributed by atoms with Crippen LogP contribution >= 0.6 is 15.9 Å². The molecule has 172 valence electrons. The minimum absolute atomic E-state index is 0.0863. The molecule has 1 heterocycles. The number of hydrogen-bond acceptors (Lipinski definition) is 5. The number of aromatic hydroxyl groups is 1. The standard InChI is InChI=1S/C24H30BrN3O3S/c1-23-9-5-6-10-24(23)11-12-26-20(23)13-15-16(24)14-19(29)22(21(15)25)27-17-7-3-4-8-18(17)28-32(2,30)31/h3-4,7-8,14,20,26-29H,5-6,9-13H2,1-2H3. The van der Waals surface area contributed by atoms with Gasteiger partial charge in [0.25, 0.3) is 0 Å². The van der Waals surface area contributed by atoms with Crippen molar-refractivity contribution in [2.24, 2.45) is 5.41 Å². The molecule has 3 unspecified atom stereocenters. The van der Waals surface area contributed by atoms with Crippen LogP contribution in [0.1, 0.15) is 50.2 Å². The summed E-state index contributed by atoms with van der Waals surface area (Å²) < 4.78 is 27.0. The Hall–Kier alpha value is -1.77. The Labute approximate surface area is 198 Å². The predicted octanol–water partition coefficient (Wildman–Crippen LogP) is 5.01. The maximum absolute atomic E-state index is 11.8. The number of nitrogens with one attached hydrogen (secondary N) is 3. The summed E-state index contributed by atoms with van der Waals surface area (Å²) in [6.45, 7) is 3.46. The van der Waals surface area contributed by atoms with E-state index in [1.54, 1.807) is 18.2 Å². The zero-order chi connectivity index (χ0) is 22.7. The summed E-state index contributed by atoms with van der Waals surface area (Å²) in [5.74, 6) is 0.184. The molecule has 3 atom stereocenters. The molecule has 0 aromatic heterocycles. The van der Waals surface area contributed by atoms with Crippen LogP contribution < -0.4 is 15.4 Å². The van der Waals surface area contributed by atoms with Crippen molar-refractivity contribution in [3.8, 4) is 5.75 Å². The van der Waals surface area contributed by atoms with Crippen molar-refractivity contribution in [3.63, 3.8) is 0 Å². The molecule has 1 saturated carbocycles. The number of phenols is 1. The van der Waals surface area contributed by atoms with E-state index in [4.69, 9.17) is 0 Å². The SMILES string of the molecule is CC12CCCCC13CCNC2Cc1c3cc(O)c(Nc2ccccc2NS(C)(=O)=O)c1Br. The molecule has 2 aromatic rings. The molecular weight excluding hydrogens is 490 g/mol. The number of sulfonamides is 1. The van der Waals surface area contributed by atoms with E-state index in [2.05, 4.69) is 38.2 Å². The molecule has 1 saturated heterocycles. The molecule has 5 rings (SSSR count). The topological polar surface area (TPSA) is 90.5 Å². The number of rotatable bonds is 4. The molecule has 2 bridgehead atoms. The van der Waals surface area contributed by atoms with Gasteiger partial charge in [-0.3, -0.25) is 4.72 Å². The Bertz CT molecular complexity index is 1180. The summed E-state index contributed by atoms with van der Waals surface area (Å²) in [4.78, 5) is 0. The number of para-hydroxylation sites is 2. The second kappa shape index (κ2) is 7.64. The lowest BCUT2D eigenvalue weighted by Gasteiger charge is -2.63. The first kappa shape index (κ1) is 22.0. The van der Waals surface area contributed by atoms with Gasteiger partial charge in [-0.1, -0.05) is 31.9 Å². The number of hydrogen-bond donors (Lipinski definition) is 4. The van der Waals surface area contributed by atoms with E-state index < -0.39 is 10.0 Å². The molecule has 4 N–H and O–H groups in total. The Kier molecular flexibility index (Phi) is 5.26. The average Bonchev–Trinajstić information content (AvgIpc) is 2.72. The molecule has 0 amide bonds. The zero-order valence-corrected chi connectivity index (χ0v) is 20.9. The van der Waals surface area contributed by atoms with Gasteiger partial charge >= 0.3 is 0 Å². The summed E-state index contributed by atoms with van der Waals surface area (Å²) in [7, 11) is -3.43. The van der Waals surface area contributed by atoms with E-state index in [0.29, 0.717) is 23.1 Å². The van der Waals surface area contributed by atoms with Gasteiger partial charge in [0.1, 0.15) is 5.75 Å². The van der Waals surface area contributed by atoms with Crippen LogP contribution in [0.25, 0.3) is 0 Å². The van der Waals surface area contributed by atoms with Gasteiger partial charge in [-0.15, -0.1) is 0 Å². The van der Waals surface area contributed by atoms with Crippen molar-refractivity contribution >= 4 is 43.0 Å². The number of fused-ring (bicyclic) bond motifs is 1. The maximum Gasteiger partial charge on any atom is 0.229 e. The third kappa shape index (κ3) is 3.33. The van der Waals surface area contributed by atoms with Crippen molar-refractivity contribution in [3.05, 3.63) is 45.9 Å². The fourth-order valence-corrected chi connectivity index (χ4v) is 7.82. The highest BCUT2D eigenvalue weighted by Crippen LogP contribution is 2.63. The van der Waals surface area contributed by atoms with E-state index in [9.17, 15) is 13.5 Å². The third-order valence-electron chi connectivity index (χ3n) is 8.11. The van der Waals surface area contributed by atoms with Gasteiger partial charge in [0, 0.05) is 15.9 Å². The van der Waals surface area contributed by atoms with Gasteiger partial charge in [0.15, 0.2) is 0 Å². The number of anilines is 3. The predicted molar refractivity (Wildman–Crippen MR) is 132 cm³/mol. The van der Waals surface area contributed by atoms with Gasteiger partial charge in [-0.05, 0) is 82.9 Å². The number of phenolic OH excluding ortho intramolecular Hbond substituents is 1. The Morgan fingerprint density at radius 2 is 1.88 bits per heavy atom. The van der Waals surface area contributed by atoms with E-state index in [1.807, 2.05) is 12.1 Å². The Morgan fingerprint density at radius 3 is 2.62 bits per heavy atom. The van der Waals surface area contributed by atoms with Gasteiger partial charge in [-0.2, -0.15) is 0 Å². The van der Waals surface area contributed by atoms with E-state index >= 15 is 0 Å². The normalized spacial score (nSPS) is 29.0. The monoisotopic (exact) mass is 519 g/mol. The van der Waals surface area contributed by atoms with E-state index in [0.717, 1.165) is 36.5 Å². The van der Waals surface area contributed by atoms with Crippen molar-refractivity contribution < 1.29 is 13.5 Å². The smallest absolute Gasteiger partial charge is 0.229 e. The molecule has 2 aromatic carbocycles. The van der Waals surface area contributed by atoms with Gasteiger partial charge in [0.05, 0.1) is 23.3 Å². The molecule has 0 radical (unpaired) electrons. The van der Waals surface area contributed by atoms with E-state index in [-0.39, 0.29) is 16.6 Å². The van der Waals surface area contributed by atoms with Crippen molar-refractivity contribution in [2.45, 2.75) is 56.9 Å². The summed E-state index contributed by atoms with van der Waals surface area (Å²) in [5.41, 5.74) is 4.41. The Morgan fingerprint density at radius 1 is 1.16 bits per heavy atom. The zero-order valence-electron chi connectivity index (χ0n) is 18.5. The number of piperidine rings is 1. The first-order valence-corrected chi connectivity index (χ1v) is 14.0. The van der Waals surface area contributed by atoms with Crippen LogP contribution in [0.3, 0.4) is 0 Å². The molecule has 1 aliphatic heterocycles. The van der Waals surface area contributed by atoms with Gasteiger partial charge in [0.2, 0.25) is 10.0 Å². The fourth-order valence-electron chi connectivity index (χ4n) is 6.56. The van der Waals surface area contributed by atoms with Crippen LogP contribution in [0.2, 0.25) is 0 Å². The first-order chi connectivity index (χ1) is 15.1. The average molecular weight is 520 g/mol. The minimum atomic E-state index is -3.43. The number of benzene rings is 2. The lowest BCUT2D eigenvalue weighted by molar-refractivity contribution is -0.0142. The van der Waals surface area contributed by atoms with Crippen LogP contribution in [0, 0.1) is 5.41 Å². The Balaban J connectivity index is 1.61. The van der Waals surface area contributed by atoms with E-state index in [1.165, 1.54) is 30.4 Å². The van der Waals surface area contributed by atoms with Crippen molar-refractivity contribution in [2.75, 3.05) is 22.8 Å². The summed E-state index contributed by atoms with van der Waals surface area (Å²) in [6.07, 6.45) is 8.00. The van der Waals surface area contributed by atoms with Crippen molar-refractivity contribution in [1.82, 2.24) is 5.32 Å². The highest BCUT2D eigenvalue weighted by Gasteiger charge is 2.59. The third-order valence-corrected chi connectivity index (χ3v) is 9.57. The summed E-state index contributed by atoms with van der Waals surface area (Å²) >= 11 is 3.81. The van der Waals surface area contributed by atoms with Crippen LogP contribution in [0.5, 0.6) is 5.75 Å². The molecule has 6 nitrogen and oxygen atoms in total. The lowest BCUT2D eigenvalue weighted by Crippen LogP contribution is -2.65. The van der Waals surface area contributed by atoms with Crippen LogP contribution in [-0.2, 0) is 21.9 Å². The molecule has 2 aliphatic carbocycles. The summed E-state index contributed by atoms with van der Waals surface area (Å²) in [5, 5.41) is 18.2. The molecule has 0 spiro atoms. The molecule has 3 aliphatic rings. The van der Waals surface area contributed by atoms with Crippen LogP contribution in [0.15, 0.2) is 34.8 Å². The minimum Gasteiger partial charge on any atom is -0.506 e. The van der Waals surface area contributed by atoms with Crippen LogP contribution in [0.4, 0.5) is 17.1 Å². The molecule has 2 fully saturated rings. The van der Waals surface area contributed by atoms with Gasteiger partial charge < -0.3 is 15.7 Å². The summed E-state index contributed by atoms with van der Waals surface area (Å²) in [6, 6.07) is 9.49. The fraction of sp³-hybridized carbons (Fsp3) is 0.500. The highest BCUT2D eigenvalue weighted by molar-refractivity contribution is 9.10.